The molecule has 2 rings (SSSR count). The average Bonchev–Trinajstić information content (AvgIpc) is 3.17. The first-order valence-corrected chi connectivity index (χ1v) is 20.3. The van der Waals surface area contributed by atoms with Crippen LogP contribution in [0.25, 0.3) is 0 Å². The Morgan fingerprint density at radius 2 is 1.33 bits per heavy atom. The molecular formula is C42H63BN6O12. The number of carbonyl (C=O) groups excluding carboxylic acids is 6. The van der Waals surface area contributed by atoms with E-state index >= 15 is 0 Å². The minimum atomic E-state index is -1.94. The minimum absolute atomic E-state index is 0.0154. The highest BCUT2D eigenvalue weighted by Gasteiger charge is 2.38. The quantitative estimate of drug-likeness (QED) is 0.0537. The number of carbonyl (C=O) groups is 7. The van der Waals surface area contributed by atoms with Gasteiger partial charge in [0.15, 0.2) is 0 Å². The van der Waals surface area contributed by atoms with Crippen molar-refractivity contribution in [2.45, 2.75) is 118 Å². The normalized spacial score (nSPS) is 13.8. The third-order valence-corrected chi connectivity index (χ3v) is 9.41. The molecule has 0 heterocycles. The monoisotopic (exact) mass is 854 g/mol. The Morgan fingerprint density at radius 3 is 1.90 bits per heavy atom. The smallest absolute Gasteiger partial charge is 0.481 e. The number of carboxylic acid groups (broad SMARTS) is 1. The fourth-order valence-electron chi connectivity index (χ4n) is 6.08. The van der Waals surface area contributed by atoms with Crippen LogP contribution >= 0.6 is 0 Å². The molecule has 0 saturated carbocycles. The van der Waals surface area contributed by atoms with Crippen molar-refractivity contribution in [1.82, 2.24) is 31.9 Å². The van der Waals surface area contributed by atoms with Gasteiger partial charge < -0.3 is 56.4 Å². The Hall–Kier alpha value is -5.53. The van der Waals surface area contributed by atoms with Gasteiger partial charge in [0.25, 0.3) is 0 Å². The number of aryl methyl sites for hydroxylation is 1. The second-order valence-electron chi connectivity index (χ2n) is 16.6. The summed E-state index contributed by atoms with van der Waals surface area (Å²) in [5.74, 6) is -5.64. The van der Waals surface area contributed by atoms with Crippen molar-refractivity contribution < 1.29 is 58.1 Å². The number of carboxylic acids is 1. The molecule has 19 heteroatoms. The molecule has 336 valence electrons. The zero-order valence-corrected chi connectivity index (χ0v) is 36.3. The summed E-state index contributed by atoms with van der Waals surface area (Å²) in [7, 11) is -1.94. The first-order valence-electron chi connectivity index (χ1n) is 20.3. The van der Waals surface area contributed by atoms with Crippen LogP contribution in [-0.2, 0) is 51.2 Å². The Morgan fingerprint density at radius 1 is 0.721 bits per heavy atom. The second kappa shape index (κ2) is 25.3. The number of amides is 6. The number of ether oxygens (including phenoxy) is 1. The lowest BCUT2D eigenvalue weighted by molar-refractivity contribution is -0.140. The lowest BCUT2D eigenvalue weighted by Crippen LogP contribution is -2.62. The van der Waals surface area contributed by atoms with Crippen LogP contribution in [-0.4, -0.2) is 107 Å². The molecular weight excluding hydrogens is 791 g/mol. The molecule has 0 aromatic heterocycles. The van der Waals surface area contributed by atoms with E-state index in [1.54, 1.807) is 77.1 Å². The summed E-state index contributed by atoms with van der Waals surface area (Å²) in [6, 6.07) is 9.48. The van der Waals surface area contributed by atoms with E-state index in [1.165, 1.54) is 0 Å². The van der Waals surface area contributed by atoms with Crippen molar-refractivity contribution in [3.05, 3.63) is 71.3 Å². The molecule has 2 aromatic carbocycles. The first kappa shape index (κ1) is 51.6. The van der Waals surface area contributed by atoms with Crippen molar-refractivity contribution in [2.24, 2.45) is 17.3 Å². The van der Waals surface area contributed by atoms with Crippen LogP contribution in [0.5, 0.6) is 0 Å². The van der Waals surface area contributed by atoms with E-state index in [0.717, 1.165) is 5.56 Å². The molecule has 0 aliphatic heterocycles. The molecule has 0 bridgehead atoms. The predicted octanol–water partition coefficient (Wildman–Crippen LogP) is 1.49. The summed E-state index contributed by atoms with van der Waals surface area (Å²) < 4.78 is 9.84. The van der Waals surface area contributed by atoms with E-state index in [2.05, 4.69) is 36.6 Å². The maximum Gasteiger partial charge on any atom is 0.633 e. The van der Waals surface area contributed by atoms with Gasteiger partial charge in [-0.05, 0) is 53.7 Å². The van der Waals surface area contributed by atoms with Crippen LogP contribution in [0.15, 0.2) is 54.6 Å². The molecule has 9 N–H and O–H groups in total. The van der Waals surface area contributed by atoms with Crippen molar-refractivity contribution in [3.63, 3.8) is 0 Å². The maximum atomic E-state index is 14.3. The van der Waals surface area contributed by atoms with Crippen LogP contribution in [0.2, 0.25) is 0 Å². The predicted molar refractivity (Wildman–Crippen MR) is 226 cm³/mol. The van der Waals surface area contributed by atoms with E-state index in [1.807, 2.05) is 32.9 Å². The first-order chi connectivity index (χ1) is 28.6. The molecule has 0 fully saturated rings. The number of rotatable bonds is 24. The Kier molecular flexibility index (Phi) is 21.4. The van der Waals surface area contributed by atoms with Crippen LogP contribution < -0.4 is 31.9 Å². The number of aliphatic carboxylic acids is 1. The highest BCUT2D eigenvalue weighted by atomic mass is 16.6. The summed E-state index contributed by atoms with van der Waals surface area (Å²) in [5.41, 5.74) is 1.28. The fraction of sp³-hybridized carbons (Fsp3) is 0.548. The third kappa shape index (κ3) is 19.2. The fourth-order valence-corrected chi connectivity index (χ4v) is 6.08. The summed E-state index contributed by atoms with van der Waals surface area (Å²) in [6.07, 6.45) is -1.36. The Balaban J connectivity index is 2.33. The number of nitrogens with one attached hydrogen (secondary N) is 6. The molecule has 0 radical (unpaired) electrons. The van der Waals surface area contributed by atoms with E-state index in [4.69, 9.17) is 14.8 Å². The molecule has 2 aromatic rings. The van der Waals surface area contributed by atoms with Crippen LogP contribution in [0.3, 0.4) is 0 Å². The van der Waals surface area contributed by atoms with Crippen LogP contribution in [0.4, 0.5) is 4.79 Å². The third-order valence-electron chi connectivity index (χ3n) is 9.41. The van der Waals surface area contributed by atoms with Gasteiger partial charge in [-0.25, -0.2) is 4.79 Å². The zero-order valence-electron chi connectivity index (χ0n) is 36.3. The number of alkyl carbamates (subject to hydrolysis) is 1. The van der Waals surface area contributed by atoms with E-state index in [0.29, 0.717) is 11.1 Å². The summed E-state index contributed by atoms with van der Waals surface area (Å²) >= 11 is 0. The minimum Gasteiger partial charge on any atom is -0.481 e. The number of benzene rings is 2. The van der Waals surface area contributed by atoms with Gasteiger partial charge in [-0.2, -0.15) is 0 Å². The van der Waals surface area contributed by atoms with Gasteiger partial charge in [0.05, 0.1) is 6.42 Å². The standard InChI is InChI=1S/C42H63BN6O12/c1-25(2)21-30(36(52)44-19-14-20-61-43(58)59)46-40(56)35(42(6,7)8)49-38(54)31(22-29-18-13-12-15-27(29)5)45-39(55)34(26(3)4)48-37(53)32(23-33(50)51)47-41(57)60-24-28-16-10-9-11-17-28/h9-13,15-18,25-26,30-32,34-35,58-59H,14,19-24H2,1-8H3,(H,44,52)(H,45,55)(H,46,56)(H,47,57)(H,48,53)(H,49,54)(H,50,51)/t30-,31-,32-,34+,35+/m0/s1. The summed E-state index contributed by atoms with van der Waals surface area (Å²) in [6.45, 7) is 14.0. The molecule has 5 atom stereocenters. The maximum absolute atomic E-state index is 14.3. The van der Waals surface area contributed by atoms with E-state index in [-0.39, 0.29) is 44.9 Å². The highest BCUT2D eigenvalue weighted by Crippen LogP contribution is 2.21. The van der Waals surface area contributed by atoms with Gasteiger partial charge in [0.1, 0.15) is 36.8 Å². The van der Waals surface area contributed by atoms with Gasteiger partial charge in [0.2, 0.25) is 29.5 Å². The van der Waals surface area contributed by atoms with Gasteiger partial charge >= 0.3 is 19.4 Å². The summed E-state index contributed by atoms with van der Waals surface area (Å²) in [4.78, 5) is 93.4. The lowest BCUT2D eigenvalue weighted by atomic mass is 9.85. The van der Waals surface area contributed by atoms with Crippen molar-refractivity contribution >= 4 is 48.9 Å². The lowest BCUT2D eigenvalue weighted by Gasteiger charge is -2.34. The van der Waals surface area contributed by atoms with Gasteiger partial charge in [-0.3, -0.25) is 28.8 Å². The topological polar surface area (TPSA) is 271 Å². The van der Waals surface area contributed by atoms with Crippen LogP contribution in [0, 0.1) is 24.2 Å². The molecule has 61 heavy (non-hydrogen) atoms. The molecule has 0 saturated heterocycles. The van der Waals surface area contributed by atoms with E-state index in [9.17, 15) is 38.7 Å². The molecule has 0 unspecified atom stereocenters. The summed E-state index contributed by atoms with van der Waals surface area (Å²) in [5, 5.41) is 43.1. The van der Waals surface area contributed by atoms with Crippen molar-refractivity contribution in [3.8, 4) is 0 Å². The molecule has 0 spiro atoms. The SMILES string of the molecule is Cc1ccccc1C[C@H](NC(=O)[C@H](NC(=O)[C@H](CC(=O)O)NC(=O)OCc1ccccc1)C(C)C)C(=O)N[C@H](C(=O)N[C@@H](CC(C)C)C(=O)NCCCOB(O)O)C(C)(C)C. The second-order valence-corrected chi connectivity index (χ2v) is 16.6. The Bertz CT molecular complexity index is 1770. The number of hydrogen-bond acceptors (Lipinski definition) is 11. The molecule has 0 aliphatic rings. The van der Waals surface area contributed by atoms with Gasteiger partial charge in [0, 0.05) is 19.6 Å². The van der Waals surface area contributed by atoms with E-state index < -0.39 is 96.9 Å². The molecule has 18 nitrogen and oxygen atoms in total. The Labute approximate surface area is 357 Å². The van der Waals surface area contributed by atoms with Crippen molar-refractivity contribution in [2.75, 3.05) is 13.2 Å². The van der Waals surface area contributed by atoms with Gasteiger partial charge in [-0.1, -0.05) is 103 Å². The largest absolute Gasteiger partial charge is 0.633 e. The highest BCUT2D eigenvalue weighted by molar-refractivity contribution is 6.32. The molecule has 6 amide bonds. The van der Waals surface area contributed by atoms with Gasteiger partial charge in [-0.15, -0.1) is 0 Å². The van der Waals surface area contributed by atoms with Crippen LogP contribution in [0.1, 0.15) is 84.4 Å². The van der Waals surface area contributed by atoms with Crippen molar-refractivity contribution in [1.29, 1.82) is 0 Å². The number of hydrogen-bond donors (Lipinski definition) is 9. The molecule has 0 aliphatic carbocycles. The zero-order chi connectivity index (χ0) is 45.9. The average molecular weight is 855 g/mol.